The number of aliphatic hydroxyl groups is 1. The van der Waals surface area contributed by atoms with E-state index < -0.39 is 57.8 Å². The molecule has 12 heteroatoms. The number of carbonyl (C=O) groups excluding carboxylic acids is 3. The van der Waals surface area contributed by atoms with Gasteiger partial charge in [0.25, 0.3) is 0 Å². The number of allylic oxidation sites excluding steroid dienone is 12. The molecule has 0 aliphatic heterocycles. The number of phosphoric acid groups is 1. The minimum Gasteiger partial charge on any atom is -0.462 e. The average molecular weight is 977 g/mol. The Balaban J connectivity index is 4.79. The van der Waals surface area contributed by atoms with Crippen molar-refractivity contribution in [1.29, 1.82) is 0 Å². The molecule has 0 aliphatic rings. The van der Waals surface area contributed by atoms with Crippen LogP contribution in [-0.4, -0.2) is 66.5 Å². The Morgan fingerprint density at radius 2 is 0.765 bits per heavy atom. The summed E-state index contributed by atoms with van der Waals surface area (Å²) in [7, 11) is -4.75. The molecule has 392 valence electrons. The van der Waals surface area contributed by atoms with Gasteiger partial charge in [0.1, 0.15) is 12.7 Å². The van der Waals surface area contributed by atoms with Crippen molar-refractivity contribution >= 4 is 25.7 Å². The smallest absolute Gasteiger partial charge is 0.462 e. The number of aliphatic hydroxyl groups excluding tert-OH is 1. The van der Waals surface area contributed by atoms with Crippen molar-refractivity contribution in [2.75, 3.05) is 26.4 Å². The Kier molecular flexibility index (Phi) is 48.0. The lowest BCUT2D eigenvalue weighted by Crippen LogP contribution is -2.30. The van der Waals surface area contributed by atoms with Gasteiger partial charge in [-0.3, -0.25) is 23.4 Å². The van der Waals surface area contributed by atoms with Crippen LogP contribution in [0.4, 0.5) is 0 Å². The summed E-state index contributed by atoms with van der Waals surface area (Å²) in [6.45, 7) is 4.37. The molecule has 0 fully saturated rings. The lowest BCUT2D eigenvalue weighted by molar-refractivity contribution is -0.161. The predicted octanol–water partition coefficient (Wildman–Crippen LogP) is 15.4. The van der Waals surface area contributed by atoms with E-state index in [2.05, 4.69) is 93.7 Å². The molecule has 0 heterocycles. The minimum atomic E-state index is -4.75. The Bertz CT molecular complexity index is 1420. The van der Waals surface area contributed by atoms with Crippen LogP contribution in [0.3, 0.4) is 0 Å². The molecule has 0 aromatic heterocycles. The molecule has 3 atom stereocenters. The van der Waals surface area contributed by atoms with Crippen molar-refractivity contribution in [2.24, 2.45) is 0 Å². The van der Waals surface area contributed by atoms with E-state index in [9.17, 15) is 28.9 Å². The summed E-state index contributed by atoms with van der Waals surface area (Å²) in [6.07, 6.45) is 54.4. The molecular formula is C56H97O11P. The van der Waals surface area contributed by atoms with Crippen LogP contribution in [0.2, 0.25) is 0 Å². The number of carbonyl (C=O) groups is 3. The maximum atomic E-state index is 12.9. The van der Waals surface area contributed by atoms with Crippen molar-refractivity contribution in [3.05, 3.63) is 72.9 Å². The number of unbranched alkanes of at least 4 members (excludes halogenated alkanes) is 20. The van der Waals surface area contributed by atoms with Gasteiger partial charge in [-0.15, -0.1) is 0 Å². The van der Waals surface area contributed by atoms with Crippen molar-refractivity contribution in [3.63, 3.8) is 0 Å². The molecule has 0 spiro atoms. The summed E-state index contributed by atoms with van der Waals surface area (Å²) in [5.74, 6) is -1.50. The van der Waals surface area contributed by atoms with Gasteiger partial charge in [-0.1, -0.05) is 196 Å². The van der Waals surface area contributed by atoms with Crippen molar-refractivity contribution < 1.29 is 52.2 Å². The lowest BCUT2D eigenvalue weighted by atomic mass is 10.1. The first-order valence-corrected chi connectivity index (χ1v) is 28.3. The van der Waals surface area contributed by atoms with Gasteiger partial charge in [-0.2, -0.15) is 0 Å². The van der Waals surface area contributed by atoms with Crippen LogP contribution in [0.1, 0.15) is 226 Å². The van der Waals surface area contributed by atoms with Crippen LogP contribution in [-0.2, 0) is 42.2 Å². The fourth-order valence-corrected chi connectivity index (χ4v) is 7.87. The second-order valence-electron chi connectivity index (χ2n) is 17.6. The van der Waals surface area contributed by atoms with Gasteiger partial charge in [0.05, 0.1) is 19.8 Å². The van der Waals surface area contributed by atoms with Crippen LogP contribution >= 0.6 is 7.82 Å². The molecule has 0 radical (unpaired) electrons. The first kappa shape index (κ1) is 64.9. The van der Waals surface area contributed by atoms with Gasteiger partial charge in [-0.05, 0) is 83.5 Å². The van der Waals surface area contributed by atoms with Gasteiger partial charge in [0, 0.05) is 19.3 Å². The van der Waals surface area contributed by atoms with E-state index in [1.54, 1.807) is 0 Å². The first-order valence-electron chi connectivity index (χ1n) is 26.8. The highest BCUT2D eigenvalue weighted by molar-refractivity contribution is 7.47. The quantitative estimate of drug-likeness (QED) is 0.0197. The minimum absolute atomic E-state index is 0.143. The van der Waals surface area contributed by atoms with Gasteiger partial charge in [0.15, 0.2) is 6.10 Å². The molecule has 0 saturated heterocycles. The Labute approximate surface area is 414 Å². The zero-order valence-electron chi connectivity index (χ0n) is 43.1. The summed E-state index contributed by atoms with van der Waals surface area (Å²) in [6, 6.07) is 0. The molecule has 0 aromatic rings. The largest absolute Gasteiger partial charge is 0.472 e. The molecular weight excluding hydrogens is 880 g/mol. The Morgan fingerprint density at radius 3 is 1.18 bits per heavy atom. The lowest BCUT2D eigenvalue weighted by Gasteiger charge is -2.21. The monoisotopic (exact) mass is 977 g/mol. The molecule has 0 saturated carbocycles. The first-order chi connectivity index (χ1) is 33.2. The highest BCUT2D eigenvalue weighted by atomic mass is 31.2. The van der Waals surface area contributed by atoms with Crippen LogP contribution in [0.5, 0.6) is 0 Å². The van der Waals surface area contributed by atoms with Crippen molar-refractivity contribution in [3.8, 4) is 0 Å². The van der Waals surface area contributed by atoms with Crippen LogP contribution < -0.4 is 0 Å². The average Bonchev–Trinajstić information content (AvgIpc) is 3.32. The molecule has 0 aliphatic carbocycles. The summed E-state index contributed by atoms with van der Waals surface area (Å²) >= 11 is 0. The SMILES string of the molecule is CC/C=C\C/C=C\C/C=C\CCCCCCCC(=O)OCC(COP(=O)(O)OCC(CO)OC(=O)CCCCCCCCCCCCC)OC(=O)CCCCCCC/C=C\C/C=C\C/C=C\CC. The molecule has 0 amide bonds. The van der Waals surface area contributed by atoms with E-state index in [1.807, 2.05) is 0 Å². The van der Waals surface area contributed by atoms with Crippen LogP contribution in [0.25, 0.3) is 0 Å². The number of phosphoric ester groups is 1. The van der Waals surface area contributed by atoms with Gasteiger partial charge in [-0.25, -0.2) is 4.57 Å². The van der Waals surface area contributed by atoms with E-state index in [1.165, 1.54) is 44.9 Å². The molecule has 11 nitrogen and oxygen atoms in total. The molecule has 2 N–H and O–H groups in total. The topological polar surface area (TPSA) is 155 Å². The number of esters is 3. The van der Waals surface area contributed by atoms with Crippen LogP contribution in [0.15, 0.2) is 72.9 Å². The molecule has 0 bridgehead atoms. The van der Waals surface area contributed by atoms with E-state index in [0.29, 0.717) is 19.3 Å². The van der Waals surface area contributed by atoms with Gasteiger partial charge >= 0.3 is 25.7 Å². The third kappa shape index (κ3) is 48.0. The molecule has 3 unspecified atom stereocenters. The molecule has 0 aromatic carbocycles. The van der Waals surface area contributed by atoms with E-state index in [4.69, 9.17) is 23.3 Å². The summed E-state index contributed by atoms with van der Waals surface area (Å²) in [5, 5.41) is 9.77. The van der Waals surface area contributed by atoms with E-state index >= 15 is 0 Å². The third-order valence-electron chi connectivity index (χ3n) is 11.1. The van der Waals surface area contributed by atoms with E-state index in [0.717, 1.165) is 122 Å². The zero-order valence-corrected chi connectivity index (χ0v) is 43.9. The molecule has 0 rings (SSSR count). The summed E-state index contributed by atoms with van der Waals surface area (Å²) in [4.78, 5) is 48.4. The van der Waals surface area contributed by atoms with Crippen LogP contribution in [0, 0.1) is 0 Å². The fraction of sp³-hybridized carbons (Fsp3) is 0.732. The van der Waals surface area contributed by atoms with Gasteiger partial charge < -0.3 is 24.2 Å². The Hall–Kier alpha value is -3.08. The zero-order chi connectivity index (χ0) is 49.9. The fourth-order valence-electron chi connectivity index (χ4n) is 7.09. The standard InChI is InChI=1S/C56H97O11P/c1-4-7-10-13-16-19-22-24-26-28-31-33-36-39-42-45-54(58)63-49-53(67-56(60)47-44-41-38-35-32-29-27-25-23-20-17-14-11-8-5-2)51-65-68(61,62)64-50-52(48-57)66-55(59)46-43-40-37-34-30-21-18-15-12-9-6-3/h7-8,10-11,16-17,19-20,24-27,52-53,57H,4-6,9,12-15,18,21-23,28-51H2,1-3H3,(H,61,62)/b10-7-,11-8-,19-16-,20-17-,26-24-,27-25-. The highest BCUT2D eigenvalue weighted by Gasteiger charge is 2.28. The highest BCUT2D eigenvalue weighted by Crippen LogP contribution is 2.43. The van der Waals surface area contributed by atoms with Crippen molar-refractivity contribution in [1.82, 2.24) is 0 Å². The maximum Gasteiger partial charge on any atom is 0.472 e. The summed E-state index contributed by atoms with van der Waals surface area (Å²) < 4.78 is 39.4. The predicted molar refractivity (Wildman–Crippen MR) is 279 cm³/mol. The number of rotatable bonds is 49. The molecule has 68 heavy (non-hydrogen) atoms. The Morgan fingerprint density at radius 1 is 0.426 bits per heavy atom. The number of hydrogen-bond acceptors (Lipinski definition) is 10. The van der Waals surface area contributed by atoms with E-state index in [-0.39, 0.29) is 25.9 Å². The number of ether oxygens (including phenoxy) is 3. The number of hydrogen-bond donors (Lipinski definition) is 2. The normalized spacial score (nSPS) is 14.0. The van der Waals surface area contributed by atoms with Crippen molar-refractivity contribution in [2.45, 2.75) is 238 Å². The third-order valence-corrected chi connectivity index (χ3v) is 12.1. The second kappa shape index (κ2) is 50.3. The maximum absolute atomic E-state index is 12.9. The van der Waals surface area contributed by atoms with Gasteiger partial charge in [0.2, 0.25) is 0 Å². The summed E-state index contributed by atoms with van der Waals surface area (Å²) in [5.41, 5.74) is 0. The second-order valence-corrected chi connectivity index (χ2v) is 19.1.